The second-order valence-electron chi connectivity index (χ2n) is 7.34. The molecule has 1 amide bonds. The molecule has 4 rings (SSSR count). The first-order valence-corrected chi connectivity index (χ1v) is 10.7. The van der Waals surface area contributed by atoms with Crippen molar-refractivity contribution in [3.05, 3.63) is 57.3 Å². The van der Waals surface area contributed by atoms with Gasteiger partial charge >= 0.3 is 5.97 Å². The van der Waals surface area contributed by atoms with Gasteiger partial charge in [-0.2, -0.15) is 0 Å². The molecule has 1 aromatic carbocycles. The minimum atomic E-state index is -0.935. The number of hydrogen-bond donors (Lipinski definition) is 0. The Bertz CT molecular complexity index is 839. The van der Waals surface area contributed by atoms with Crippen LogP contribution in [-0.2, 0) is 33.7 Å². The Morgan fingerprint density at radius 2 is 2.11 bits per heavy atom. The summed E-state index contributed by atoms with van der Waals surface area (Å²) in [5.74, 6) is -0.366. The van der Waals surface area contributed by atoms with E-state index in [0.29, 0.717) is 44.1 Å². The number of fused-ring (bicyclic) bond motifs is 1. The molecule has 148 valence electrons. The van der Waals surface area contributed by atoms with Gasteiger partial charge in [-0.1, -0.05) is 30.3 Å². The molecule has 1 saturated heterocycles. The van der Waals surface area contributed by atoms with Gasteiger partial charge in [-0.25, -0.2) is 4.79 Å². The largest absolute Gasteiger partial charge is 0.464 e. The summed E-state index contributed by atoms with van der Waals surface area (Å²) in [6.45, 7) is 3.95. The van der Waals surface area contributed by atoms with E-state index in [1.54, 1.807) is 4.90 Å². The summed E-state index contributed by atoms with van der Waals surface area (Å²) in [5.41, 5.74) is 1.20. The molecule has 2 aliphatic heterocycles. The molecule has 0 N–H and O–H groups in total. The summed E-state index contributed by atoms with van der Waals surface area (Å²) < 4.78 is 11.0. The van der Waals surface area contributed by atoms with E-state index in [9.17, 15) is 9.59 Å². The number of nitrogens with zero attached hydrogens (tertiary/aromatic N) is 1. The third-order valence-electron chi connectivity index (χ3n) is 5.57. The van der Waals surface area contributed by atoms with Crippen molar-refractivity contribution in [2.75, 3.05) is 19.8 Å². The van der Waals surface area contributed by atoms with Crippen molar-refractivity contribution >= 4 is 23.2 Å². The normalized spacial score (nSPS) is 21.4. The van der Waals surface area contributed by atoms with Crippen LogP contribution < -0.4 is 0 Å². The van der Waals surface area contributed by atoms with Crippen LogP contribution in [0.15, 0.2) is 36.4 Å². The van der Waals surface area contributed by atoms with Gasteiger partial charge < -0.3 is 14.4 Å². The lowest BCUT2D eigenvalue weighted by Gasteiger charge is -2.36. The van der Waals surface area contributed by atoms with E-state index in [1.165, 1.54) is 16.2 Å². The molecular formula is C22H25NO4S. The van der Waals surface area contributed by atoms with E-state index < -0.39 is 5.54 Å². The zero-order valence-corrected chi connectivity index (χ0v) is 16.9. The predicted octanol–water partition coefficient (Wildman–Crippen LogP) is 3.60. The summed E-state index contributed by atoms with van der Waals surface area (Å²) in [5, 5.41) is 0. The zero-order valence-electron chi connectivity index (χ0n) is 16.1. The molecule has 3 heterocycles. The molecule has 0 radical (unpaired) electrons. The molecule has 1 aromatic heterocycles. The number of hydrogen-bond acceptors (Lipinski definition) is 5. The van der Waals surface area contributed by atoms with Crippen LogP contribution in [0, 0.1) is 0 Å². The van der Waals surface area contributed by atoms with Crippen molar-refractivity contribution in [1.29, 1.82) is 0 Å². The topological polar surface area (TPSA) is 55.8 Å². The summed E-state index contributed by atoms with van der Waals surface area (Å²) in [7, 11) is 0. The highest BCUT2D eigenvalue weighted by Gasteiger charge is 2.51. The maximum atomic E-state index is 13.5. The molecule has 0 saturated carbocycles. The van der Waals surface area contributed by atoms with Crippen molar-refractivity contribution in [3.63, 3.8) is 0 Å². The van der Waals surface area contributed by atoms with Crippen LogP contribution in [0.2, 0.25) is 0 Å². The molecule has 2 aromatic rings. The van der Waals surface area contributed by atoms with E-state index in [2.05, 4.69) is 0 Å². The Hall–Kier alpha value is -2.18. The number of amides is 1. The third kappa shape index (κ3) is 3.47. The molecular weight excluding hydrogens is 374 g/mol. The van der Waals surface area contributed by atoms with Gasteiger partial charge in [-0.05, 0) is 37.0 Å². The maximum Gasteiger partial charge on any atom is 0.332 e. The highest BCUT2D eigenvalue weighted by atomic mass is 32.1. The second kappa shape index (κ2) is 8.05. The summed E-state index contributed by atoms with van der Waals surface area (Å²) in [4.78, 5) is 30.2. The fourth-order valence-electron chi connectivity index (χ4n) is 4.23. The van der Waals surface area contributed by atoms with Crippen LogP contribution in [0.5, 0.6) is 0 Å². The number of esters is 1. The van der Waals surface area contributed by atoms with E-state index >= 15 is 0 Å². The lowest BCUT2D eigenvalue weighted by molar-refractivity contribution is -0.154. The van der Waals surface area contributed by atoms with Crippen molar-refractivity contribution in [1.82, 2.24) is 4.90 Å². The lowest BCUT2D eigenvalue weighted by atomic mass is 9.87. The first-order chi connectivity index (χ1) is 13.6. The third-order valence-corrected chi connectivity index (χ3v) is 6.79. The van der Waals surface area contributed by atoms with Crippen molar-refractivity contribution < 1.29 is 19.1 Å². The Balaban J connectivity index is 1.67. The maximum absolute atomic E-state index is 13.5. The van der Waals surface area contributed by atoms with Gasteiger partial charge in [0.15, 0.2) is 0 Å². The SMILES string of the molecule is CCOC(=O)[C@]1(Cc2ccccc2)CCCN1C(=O)c1cc2c(s1)CCOC2. The summed E-state index contributed by atoms with van der Waals surface area (Å²) in [6.07, 6.45) is 2.75. The highest BCUT2D eigenvalue weighted by molar-refractivity contribution is 7.14. The minimum absolute atomic E-state index is 0.0686. The van der Waals surface area contributed by atoms with Crippen LogP contribution in [0.1, 0.15) is 45.4 Å². The minimum Gasteiger partial charge on any atom is -0.464 e. The average Bonchev–Trinajstić information content (AvgIpc) is 3.33. The number of rotatable bonds is 5. The standard InChI is InChI=1S/C22H25NO4S/c1-2-27-21(25)22(14-16-7-4-3-5-8-16)10-6-11-23(22)20(24)19-13-17-15-26-12-9-18(17)28-19/h3-5,7-8,13H,2,6,9-12,14-15H2,1H3/t22-/m1/s1. The average molecular weight is 400 g/mol. The molecule has 1 atom stereocenters. The lowest BCUT2D eigenvalue weighted by Crippen LogP contribution is -2.55. The monoisotopic (exact) mass is 399 g/mol. The fraction of sp³-hybridized carbons (Fsp3) is 0.455. The van der Waals surface area contributed by atoms with Gasteiger partial charge in [0.05, 0.1) is 24.7 Å². The van der Waals surface area contributed by atoms with E-state index in [-0.39, 0.29) is 11.9 Å². The van der Waals surface area contributed by atoms with Crippen molar-refractivity contribution in [3.8, 4) is 0 Å². The van der Waals surface area contributed by atoms with E-state index in [4.69, 9.17) is 9.47 Å². The quantitative estimate of drug-likeness (QED) is 0.721. The molecule has 28 heavy (non-hydrogen) atoms. The van der Waals surface area contributed by atoms with Crippen LogP contribution in [0.4, 0.5) is 0 Å². The van der Waals surface area contributed by atoms with Crippen LogP contribution in [0.3, 0.4) is 0 Å². The Kier molecular flexibility index (Phi) is 5.51. The molecule has 0 aliphatic carbocycles. The molecule has 0 bridgehead atoms. The molecule has 0 unspecified atom stereocenters. The van der Waals surface area contributed by atoms with Crippen LogP contribution in [0.25, 0.3) is 0 Å². The van der Waals surface area contributed by atoms with Crippen molar-refractivity contribution in [2.45, 2.75) is 44.8 Å². The highest BCUT2D eigenvalue weighted by Crippen LogP contribution is 2.37. The number of likely N-dealkylation sites (tertiary alicyclic amines) is 1. The molecule has 0 spiro atoms. The summed E-state index contributed by atoms with van der Waals surface area (Å²) >= 11 is 1.54. The molecule has 1 fully saturated rings. The number of carbonyl (C=O) groups is 2. The number of benzene rings is 1. The fourth-order valence-corrected chi connectivity index (χ4v) is 5.33. The molecule has 5 nitrogen and oxygen atoms in total. The Morgan fingerprint density at radius 3 is 2.86 bits per heavy atom. The molecule has 2 aliphatic rings. The van der Waals surface area contributed by atoms with Gasteiger partial charge in [0.2, 0.25) is 0 Å². The van der Waals surface area contributed by atoms with Gasteiger partial charge in [0.25, 0.3) is 5.91 Å². The first kappa shape index (κ1) is 19.2. The van der Waals surface area contributed by atoms with Crippen molar-refractivity contribution in [2.24, 2.45) is 0 Å². The zero-order chi connectivity index (χ0) is 19.6. The number of thiophene rings is 1. The van der Waals surface area contributed by atoms with Gasteiger partial charge in [-0.15, -0.1) is 11.3 Å². The van der Waals surface area contributed by atoms with Gasteiger partial charge in [0.1, 0.15) is 5.54 Å². The summed E-state index contributed by atoms with van der Waals surface area (Å²) in [6, 6.07) is 11.8. The van der Waals surface area contributed by atoms with Gasteiger partial charge in [-0.3, -0.25) is 4.79 Å². The van der Waals surface area contributed by atoms with E-state index in [0.717, 1.165) is 24.0 Å². The number of carbonyl (C=O) groups excluding carboxylic acids is 2. The predicted molar refractivity (Wildman–Crippen MR) is 107 cm³/mol. The molecule has 6 heteroatoms. The van der Waals surface area contributed by atoms with Gasteiger partial charge in [0, 0.05) is 24.3 Å². The number of ether oxygens (including phenoxy) is 2. The van der Waals surface area contributed by atoms with Crippen LogP contribution in [-0.4, -0.2) is 42.1 Å². The Morgan fingerprint density at radius 1 is 1.29 bits per heavy atom. The Labute approximate surface area is 169 Å². The first-order valence-electron chi connectivity index (χ1n) is 9.86. The van der Waals surface area contributed by atoms with Crippen LogP contribution >= 0.6 is 11.3 Å². The van der Waals surface area contributed by atoms with E-state index in [1.807, 2.05) is 43.3 Å². The second-order valence-corrected chi connectivity index (χ2v) is 8.47. The smallest absolute Gasteiger partial charge is 0.332 e.